The third-order valence-electron chi connectivity index (χ3n) is 3.55. The Morgan fingerprint density at radius 2 is 1.92 bits per heavy atom. The van der Waals surface area contributed by atoms with Crippen LogP contribution >= 0.6 is 0 Å². The Labute approximate surface area is 136 Å². The molecule has 0 atom stereocenters. The number of H-pyrrole nitrogens is 1. The summed E-state index contributed by atoms with van der Waals surface area (Å²) < 4.78 is 9.80. The lowest BCUT2D eigenvalue weighted by atomic mass is 10.1. The lowest BCUT2D eigenvalue weighted by Crippen LogP contribution is -2.03. The van der Waals surface area contributed by atoms with Crippen molar-refractivity contribution in [2.75, 3.05) is 14.2 Å². The number of esters is 1. The molecule has 1 N–H and O–H groups in total. The van der Waals surface area contributed by atoms with E-state index in [2.05, 4.69) is 9.97 Å². The van der Waals surface area contributed by atoms with Gasteiger partial charge in [0, 0.05) is 17.7 Å². The number of aromatic nitrogens is 2. The second-order valence-corrected chi connectivity index (χ2v) is 4.95. The number of carbonyl (C=O) groups excluding carboxylic acids is 1. The van der Waals surface area contributed by atoms with Gasteiger partial charge in [-0.1, -0.05) is 0 Å². The largest absolute Gasteiger partial charge is 0.497 e. The molecular formula is C16H13N3O5. The summed E-state index contributed by atoms with van der Waals surface area (Å²) in [6.45, 7) is 0. The number of benzene rings is 2. The average molecular weight is 327 g/mol. The maximum Gasteiger partial charge on any atom is 0.340 e. The number of hydrogen-bond donors (Lipinski definition) is 1. The maximum absolute atomic E-state index is 11.9. The number of imidazole rings is 1. The predicted molar refractivity (Wildman–Crippen MR) is 86.1 cm³/mol. The zero-order chi connectivity index (χ0) is 17.3. The molecular weight excluding hydrogens is 314 g/mol. The topological polar surface area (TPSA) is 107 Å². The number of rotatable bonds is 4. The third kappa shape index (κ3) is 2.65. The van der Waals surface area contributed by atoms with Crippen molar-refractivity contribution in [3.63, 3.8) is 0 Å². The van der Waals surface area contributed by atoms with Crippen LogP contribution in [0.4, 0.5) is 5.69 Å². The van der Waals surface area contributed by atoms with Crippen LogP contribution in [0.1, 0.15) is 10.4 Å². The summed E-state index contributed by atoms with van der Waals surface area (Å²) in [6, 6.07) is 9.62. The highest BCUT2D eigenvalue weighted by molar-refractivity contribution is 6.03. The van der Waals surface area contributed by atoms with Crippen LogP contribution in [0, 0.1) is 10.1 Å². The van der Waals surface area contributed by atoms with Gasteiger partial charge in [-0.25, -0.2) is 9.78 Å². The van der Waals surface area contributed by atoms with Crippen LogP contribution in [0.15, 0.2) is 36.4 Å². The Morgan fingerprint density at radius 1 is 1.21 bits per heavy atom. The minimum atomic E-state index is -0.684. The van der Waals surface area contributed by atoms with Crippen molar-refractivity contribution in [1.29, 1.82) is 0 Å². The first-order valence-corrected chi connectivity index (χ1v) is 6.94. The Balaban J connectivity index is 2.18. The summed E-state index contributed by atoms with van der Waals surface area (Å²) in [4.78, 5) is 29.8. The lowest BCUT2D eigenvalue weighted by molar-refractivity contribution is -0.384. The summed E-state index contributed by atoms with van der Waals surface area (Å²) in [6.07, 6.45) is 0. The number of fused-ring (bicyclic) bond motifs is 1. The van der Waals surface area contributed by atoms with E-state index in [0.29, 0.717) is 22.6 Å². The van der Waals surface area contributed by atoms with E-state index in [0.717, 1.165) is 11.6 Å². The normalized spacial score (nSPS) is 10.6. The quantitative estimate of drug-likeness (QED) is 0.448. The molecule has 0 bridgehead atoms. The summed E-state index contributed by atoms with van der Waals surface area (Å²) in [5.41, 5.74) is 1.28. The molecule has 0 saturated heterocycles. The molecule has 0 saturated carbocycles. The molecule has 24 heavy (non-hydrogen) atoms. The molecule has 0 unspecified atom stereocenters. The first-order valence-electron chi connectivity index (χ1n) is 6.94. The molecule has 8 heteroatoms. The molecule has 3 aromatic rings. The number of nitro groups is 1. The summed E-state index contributed by atoms with van der Waals surface area (Å²) in [7, 11) is 2.78. The zero-order valence-corrected chi connectivity index (χ0v) is 12.9. The van der Waals surface area contributed by atoms with Crippen LogP contribution in [0.5, 0.6) is 5.75 Å². The van der Waals surface area contributed by atoms with Gasteiger partial charge in [0.1, 0.15) is 17.1 Å². The fraction of sp³-hybridized carbons (Fsp3) is 0.125. The second-order valence-electron chi connectivity index (χ2n) is 4.95. The second kappa shape index (κ2) is 5.99. The molecule has 3 rings (SSSR count). The number of nitro benzene ring substituents is 1. The van der Waals surface area contributed by atoms with E-state index >= 15 is 0 Å². The molecule has 122 valence electrons. The molecule has 0 spiro atoms. The molecule has 1 heterocycles. The van der Waals surface area contributed by atoms with E-state index < -0.39 is 10.9 Å². The number of nitrogens with one attached hydrogen (secondary N) is 1. The van der Waals surface area contributed by atoms with E-state index in [4.69, 9.17) is 9.47 Å². The summed E-state index contributed by atoms with van der Waals surface area (Å²) >= 11 is 0. The lowest BCUT2D eigenvalue weighted by Gasteiger charge is -2.00. The van der Waals surface area contributed by atoms with Crippen molar-refractivity contribution in [3.8, 4) is 17.1 Å². The smallest absolute Gasteiger partial charge is 0.340 e. The monoisotopic (exact) mass is 327 g/mol. The third-order valence-corrected chi connectivity index (χ3v) is 3.55. The Hall–Kier alpha value is -3.42. The van der Waals surface area contributed by atoms with Crippen molar-refractivity contribution in [3.05, 3.63) is 52.1 Å². The van der Waals surface area contributed by atoms with Gasteiger partial charge in [0.15, 0.2) is 0 Å². The van der Waals surface area contributed by atoms with Gasteiger partial charge in [0.25, 0.3) is 5.69 Å². The standard InChI is InChI=1S/C16H13N3O5/c1-23-11-5-3-9(4-6-11)15-17-13-8-10(19(21)22)7-12(14(13)18-15)16(20)24-2/h3-8H,1-2H3,(H,17,18). The van der Waals surface area contributed by atoms with Crippen LogP contribution in [-0.4, -0.2) is 35.1 Å². The minimum absolute atomic E-state index is 0.0395. The highest BCUT2D eigenvalue weighted by atomic mass is 16.6. The van der Waals surface area contributed by atoms with Gasteiger partial charge >= 0.3 is 5.97 Å². The van der Waals surface area contributed by atoms with Crippen molar-refractivity contribution in [2.24, 2.45) is 0 Å². The van der Waals surface area contributed by atoms with E-state index in [9.17, 15) is 14.9 Å². The van der Waals surface area contributed by atoms with Crippen LogP contribution in [0.25, 0.3) is 22.4 Å². The van der Waals surface area contributed by atoms with Crippen molar-refractivity contribution in [1.82, 2.24) is 9.97 Å². The van der Waals surface area contributed by atoms with Gasteiger partial charge in [-0.15, -0.1) is 0 Å². The Bertz CT molecular complexity index is 931. The zero-order valence-electron chi connectivity index (χ0n) is 12.9. The van der Waals surface area contributed by atoms with E-state index in [1.165, 1.54) is 13.2 Å². The molecule has 0 fully saturated rings. The summed E-state index contributed by atoms with van der Waals surface area (Å²) in [5.74, 6) is 0.496. The SMILES string of the molecule is COC(=O)c1cc([N+](=O)[O-])cc2[nH]c(-c3ccc(OC)cc3)nc12. The first-order chi connectivity index (χ1) is 11.5. The number of non-ortho nitro benzene ring substituents is 1. The Morgan fingerprint density at radius 3 is 2.50 bits per heavy atom. The number of methoxy groups -OCH3 is 2. The highest BCUT2D eigenvalue weighted by Crippen LogP contribution is 2.28. The fourth-order valence-corrected chi connectivity index (χ4v) is 2.36. The van der Waals surface area contributed by atoms with Gasteiger partial charge < -0.3 is 14.5 Å². The van der Waals surface area contributed by atoms with E-state index in [1.54, 1.807) is 31.4 Å². The summed E-state index contributed by atoms with van der Waals surface area (Å²) in [5, 5.41) is 11.1. The number of carbonyl (C=O) groups is 1. The van der Waals surface area contributed by atoms with Crippen molar-refractivity contribution < 1.29 is 19.2 Å². The van der Waals surface area contributed by atoms with E-state index in [-0.39, 0.29) is 11.3 Å². The van der Waals surface area contributed by atoms with Gasteiger partial charge in [0.2, 0.25) is 0 Å². The van der Waals surface area contributed by atoms with Crippen LogP contribution < -0.4 is 4.74 Å². The van der Waals surface area contributed by atoms with Crippen LogP contribution in [0.3, 0.4) is 0 Å². The van der Waals surface area contributed by atoms with Crippen LogP contribution in [0.2, 0.25) is 0 Å². The van der Waals surface area contributed by atoms with Gasteiger partial charge in [-0.05, 0) is 24.3 Å². The van der Waals surface area contributed by atoms with Crippen LogP contribution in [-0.2, 0) is 4.74 Å². The van der Waals surface area contributed by atoms with Gasteiger partial charge in [-0.2, -0.15) is 0 Å². The highest BCUT2D eigenvalue weighted by Gasteiger charge is 2.20. The number of nitrogens with zero attached hydrogens (tertiary/aromatic N) is 2. The average Bonchev–Trinajstić information content (AvgIpc) is 3.04. The maximum atomic E-state index is 11.9. The molecule has 0 aliphatic heterocycles. The first kappa shape index (κ1) is 15.5. The van der Waals surface area contributed by atoms with Crippen molar-refractivity contribution in [2.45, 2.75) is 0 Å². The number of hydrogen-bond acceptors (Lipinski definition) is 6. The number of aromatic amines is 1. The van der Waals surface area contributed by atoms with Crippen molar-refractivity contribution >= 4 is 22.7 Å². The van der Waals surface area contributed by atoms with E-state index in [1.807, 2.05) is 0 Å². The Kier molecular flexibility index (Phi) is 3.87. The minimum Gasteiger partial charge on any atom is -0.497 e. The molecule has 0 amide bonds. The molecule has 1 aromatic heterocycles. The molecule has 2 aromatic carbocycles. The number of ether oxygens (including phenoxy) is 2. The molecule has 0 aliphatic rings. The van der Waals surface area contributed by atoms with Gasteiger partial charge in [0.05, 0.1) is 30.2 Å². The molecule has 0 aliphatic carbocycles. The molecule has 0 radical (unpaired) electrons. The molecule has 8 nitrogen and oxygen atoms in total. The fourth-order valence-electron chi connectivity index (χ4n) is 2.36. The van der Waals surface area contributed by atoms with Gasteiger partial charge in [-0.3, -0.25) is 10.1 Å². The predicted octanol–water partition coefficient (Wildman–Crippen LogP) is 2.93.